The van der Waals surface area contributed by atoms with E-state index in [2.05, 4.69) is 43.1 Å². The van der Waals surface area contributed by atoms with E-state index in [0.717, 1.165) is 12.5 Å². The molecule has 0 bridgehead atoms. The molecule has 4 heteroatoms. The number of hydrogen-bond donors (Lipinski definition) is 1. The van der Waals surface area contributed by atoms with Crippen LogP contribution in [0.4, 0.5) is 0 Å². The average Bonchev–Trinajstić information content (AvgIpc) is 2.64. The summed E-state index contributed by atoms with van der Waals surface area (Å²) in [6, 6.07) is 0.490. The van der Waals surface area contributed by atoms with Gasteiger partial charge in [-0.05, 0) is 66.2 Å². The minimum absolute atomic E-state index is 0.490. The molecule has 0 spiro atoms. The highest BCUT2D eigenvalue weighted by molar-refractivity contribution is 5.27. The first kappa shape index (κ1) is 14.5. The Hall–Kier alpha value is -0.870. The molecule has 1 fully saturated rings. The molecule has 1 aliphatic rings. The molecular weight excluding hydrogens is 236 g/mol. The highest BCUT2D eigenvalue weighted by Gasteiger charge is 2.26. The lowest BCUT2D eigenvalue weighted by Gasteiger charge is -2.36. The second-order valence-corrected chi connectivity index (χ2v) is 5.92. The lowest BCUT2D eigenvalue weighted by Crippen LogP contribution is -2.38. The number of piperidine rings is 1. The summed E-state index contributed by atoms with van der Waals surface area (Å²) in [6.45, 7) is 10.2. The Balaban J connectivity index is 2.03. The van der Waals surface area contributed by atoms with Crippen molar-refractivity contribution in [1.82, 2.24) is 20.0 Å². The first-order valence-electron chi connectivity index (χ1n) is 7.43. The van der Waals surface area contributed by atoms with Crippen molar-refractivity contribution in [3.8, 4) is 0 Å². The fraction of sp³-hybridized carbons (Fsp3) is 0.800. The third-order valence-electron chi connectivity index (χ3n) is 4.67. The van der Waals surface area contributed by atoms with Crippen LogP contribution in [-0.2, 0) is 7.05 Å². The second kappa shape index (κ2) is 6.06. The molecule has 1 aromatic heterocycles. The topological polar surface area (TPSA) is 33.1 Å². The molecule has 1 saturated heterocycles. The summed E-state index contributed by atoms with van der Waals surface area (Å²) in [6.07, 6.45) is 2.62. The second-order valence-electron chi connectivity index (χ2n) is 5.92. The van der Waals surface area contributed by atoms with E-state index >= 15 is 0 Å². The van der Waals surface area contributed by atoms with Crippen molar-refractivity contribution in [2.75, 3.05) is 26.7 Å². The van der Waals surface area contributed by atoms with Gasteiger partial charge in [0.15, 0.2) is 0 Å². The van der Waals surface area contributed by atoms with E-state index in [4.69, 9.17) is 0 Å². The Morgan fingerprint density at radius 1 is 1.32 bits per heavy atom. The van der Waals surface area contributed by atoms with Gasteiger partial charge in [-0.3, -0.25) is 9.58 Å². The Morgan fingerprint density at radius 2 is 1.95 bits per heavy atom. The summed E-state index contributed by atoms with van der Waals surface area (Å²) in [5.74, 6) is 0.851. The summed E-state index contributed by atoms with van der Waals surface area (Å²) < 4.78 is 2.01. The first-order valence-corrected chi connectivity index (χ1v) is 7.43. The maximum atomic E-state index is 4.55. The van der Waals surface area contributed by atoms with E-state index in [1.807, 2.05) is 11.7 Å². The van der Waals surface area contributed by atoms with Crippen LogP contribution in [0.3, 0.4) is 0 Å². The van der Waals surface area contributed by atoms with Crippen LogP contribution in [-0.4, -0.2) is 41.4 Å². The standard InChI is InChI=1S/C15H28N4/c1-11-15(12(2)18(5)17-11)13(3)19-8-6-14(7-9-19)10-16-4/h13-14,16H,6-10H2,1-5H3. The van der Waals surface area contributed by atoms with Crippen molar-refractivity contribution < 1.29 is 0 Å². The Labute approximate surface area is 117 Å². The van der Waals surface area contributed by atoms with Gasteiger partial charge in [0.1, 0.15) is 0 Å². The molecule has 0 aliphatic carbocycles. The van der Waals surface area contributed by atoms with Crippen molar-refractivity contribution in [3.63, 3.8) is 0 Å². The minimum atomic E-state index is 0.490. The molecule has 0 amide bonds. The predicted octanol–water partition coefficient (Wildman–Crippen LogP) is 2.03. The molecule has 1 unspecified atom stereocenters. The number of rotatable bonds is 4. The summed E-state index contributed by atoms with van der Waals surface area (Å²) in [7, 11) is 4.09. The van der Waals surface area contributed by atoms with E-state index in [0.29, 0.717) is 6.04 Å². The maximum Gasteiger partial charge on any atom is 0.0644 e. The molecule has 2 heterocycles. The van der Waals surface area contributed by atoms with Gasteiger partial charge in [0.05, 0.1) is 5.69 Å². The molecule has 1 aliphatic heterocycles. The lowest BCUT2D eigenvalue weighted by atomic mass is 9.94. The molecule has 0 saturated carbocycles. The van der Waals surface area contributed by atoms with Crippen LogP contribution >= 0.6 is 0 Å². The van der Waals surface area contributed by atoms with Gasteiger partial charge in [-0.15, -0.1) is 0 Å². The van der Waals surface area contributed by atoms with Gasteiger partial charge < -0.3 is 5.32 Å². The quantitative estimate of drug-likeness (QED) is 0.903. The number of nitrogens with zero attached hydrogens (tertiary/aromatic N) is 3. The molecule has 108 valence electrons. The predicted molar refractivity (Wildman–Crippen MR) is 79.3 cm³/mol. The van der Waals surface area contributed by atoms with Crippen LogP contribution in [0.5, 0.6) is 0 Å². The smallest absolute Gasteiger partial charge is 0.0644 e. The van der Waals surface area contributed by atoms with Gasteiger partial charge in [-0.1, -0.05) is 0 Å². The van der Waals surface area contributed by atoms with E-state index in [9.17, 15) is 0 Å². The van der Waals surface area contributed by atoms with Crippen LogP contribution in [0.2, 0.25) is 0 Å². The van der Waals surface area contributed by atoms with Crippen molar-refractivity contribution in [3.05, 3.63) is 17.0 Å². The summed E-state index contributed by atoms with van der Waals surface area (Å²) >= 11 is 0. The highest BCUT2D eigenvalue weighted by atomic mass is 15.3. The maximum absolute atomic E-state index is 4.55. The van der Waals surface area contributed by atoms with Gasteiger partial charge in [-0.2, -0.15) is 5.10 Å². The van der Waals surface area contributed by atoms with Gasteiger partial charge in [-0.25, -0.2) is 0 Å². The average molecular weight is 264 g/mol. The molecular formula is C15H28N4. The molecule has 1 atom stereocenters. The first-order chi connectivity index (χ1) is 9.04. The largest absolute Gasteiger partial charge is 0.319 e. The van der Waals surface area contributed by atoms with E-state index in [1.165, 1.54) is 42.9 Å². The minimum Gasteiger partial charge on any atom is -0.319 e. The zero-order valence-electron chi connectivity index (χ0n) is 13.0. The van der Waals surface area contributed by atoms with E-state index in [1.54, 1.807) is 0 Å². The van der Waals surface area contributed by atoms with Crippen molar-refractivity contribution in [2.24, 2.45) is 13.0 Å². The highest BCUT2D eigenvalue weighted by Crippen LogP contribution is 2.29. The van der Waals surface area contributed by atoms with Gasteiger partial charge in [0.2, 0.25) is 0 Å². The third-order valence-corrected chi connectivity index (χ3v) is 4.67. The molecule has 2 rings (SSSR count). The number of aryl methyl sites for hydroxylation is 2. The molecule has 0 radical (unpaired) electrons. The van der Waals surface area contributed by atoms with E-state index in [-0.39, 0.29) is 0 Å². The van der Waals surface area contributed by atoms with Crippen LogP contribution in [0.1, 0.15) is 42.8 Å². The Kier molecular flexibility index (Phi) is 4.63. The normalized spacial score (nSPS) is 19.8. The van der Waals surface area contributed by atoms with Gasteiger partial charge in [0, 0.05) is 24.3 Å². The number of likely N-dealkylation sites (tertiary alicyclic amines) is 1. The zero-order valence-corrected chi connectivity index (χ0v) is 13.0. The monoisotopic (exact) mass is 264 g/mol. The van der Waals surface area contributed by atoms with Gasteiger partial charge >= 0.3 is 0 Å². The van der Waals surface area contributed by atoms with Crippen molar-refractivity contribution in [1.29, 1.82) is 0 Å². The van der Waals surface area contributed by atoms with E-state index < -0.39 is 0 Å². The fourth-order valence-corrected chi connectivity index (χ4v) is 3.41. The van der Waals surface area contributed by atoms with Crippen molar-refractivity contribution in [2.45, 2.75) is 39.7 Å². The lowest BCUT2D eigenvalue weighted by molar-refractivity contribution is 0.140. The number of hydrogen-bond acceptors (Lipinski definition) is 3. The molecule has 1 N–H and O–H groups in total. The molecule has 1 aromatic rings. The number of aromatic nitrogens is 2. The van der Waals surface area contributed by atoms with Crippen LogP contribution in [0.25, 0.3) is 0 Å². The molecule has 0 aromatic carbocycles. The molecule has 4 nitrogen and oxygen atoms in total. The third kappa shape index (κ3) is 3.00. The van der Waals surface area contributed by atoms with Crippen LogP contribution in [0.15, 0.2) is 0 Å². The summed E-state index contributed by atoms with van der Waals surface area (Å²) in [5, 5.41) is 7.85. The fourth-order valence-electron chi connectivity index (χ4n) is 3.41. The van der Waals surface area contributed by atoms with Gasteiger partial charge in [0.25, 0.3) is 0 Å². The van der Waals surface area contributed by atoms with Crippen LogP contribution in [0, 0.1) is 19.8 Å². The SMILES string of the molecule is CNCC1CCN(C(C)c2c(C)nn(C)c2C)CC1. The summed E-state index contributed by atoms with van der Waals surface area (Å²) in [4.78, 5) is 2.61. The zero-order chi connectivity index (χ0) is 14.0. The summed E-state index contributed by atoms with van der Waals surface area (Å²) in [5.41, 5.74) is 3.92. The van der Waals surface area contributed by atoms with Crippen molar-refractivity contribution >= 4 is 0 Å². The molecule has 19 heavy (non-hydrogen) atoms. The van der Waals surface area contributed by atoms with Crippen LogP contribution < -0.4 is 5.32 Å². The number of nitrogens with one attached hydrogen (secondary N) is 1. The Bertz CT molecular complexity index is 416. The Morgan fingerprint density at radius 3 is 2.42 bits per heavy atom.